The van der Waals surface area contributed by atoms with Gasteiger partial charge in [0.1, 0.15) is 5.69 Å². The van der Waals surface area contributed by atoms with Gasteiger partial charge >= 0.3 is 0 Å². The second-order valence-corrected chi connectivity index (χ2v) is 6.60. The molecular formula is C11H15BrN2OS. The molecule has 3 nitrogen and oxygen atoms in total. The van der Waals surface area contributed by atoms with Crippen molar-refractivity contribution in [1.29, 1.82) is 0 Å². The van der Waals surface area contributed by atoms with Crippen LogP contribution in [0.2, 0.25) is 0 Å². The fourth-order valence-corrected chi connectivity index (χ4v) is 3.38. The lowest BCUT2D eigenvalue weighted by molar-refractivity contribution is 0.0943. The van der Waals surface area contributed by atoms with Crippen LogP contribution in [0, 0.1) is 12.8 Å². The standard InChI is InChI=1S/C11H15BrN2OS/c1-7-14-10(6-16-7)11(15)13-5-8-2-3-9(12)4-8/h6,8-9H,2-5H2,1H3,(H,13,15). The average molecular weight is 303 g/mol. The lowest BCUT2D eigenvalue weighted by Gasteiger charge is -2.09. The number of alkyl halides is 1. The topological polar surface area (TPSA) is 42.0 Å². The van der Waals surface area contributed by atoms with Crippen molar-refractivity contribution in [2.24, 2.45) is 5.92 Å². The van der Waals surface area contributed by atoms with E-state index >= 15 is 0 Å². The third-order valence-corrected chi connectivity index (χ3v) is 4.49. The third-order valence-electron chi connectivity index (χ3n) is 2.88. The summed E-state index contributed by atoms with van der Waals surface area (Å²) >= 11 is 5.12. The molecule has 2 atom stereocenters. The highest BCUT2D eigenvalue weighted by molar-refractivity contribution is 9.09. The van der Waals surface area contributed by atoms with Crippen LogP contribution >= 0.6 is 27.3 Å². The highest BCUT2D eigenvalue weighted by Crippen LogP contribution is 2.30. The molecule has 1 heterocycles. The van der Waals surface area contributed by atoms with E-state index in [0.717, 1.165) is 18.0 Å². The van der Waals surface area contributed by atoms with Crippen molar-refractivity contribution < 1.29 is 4.79 Å². The van der Waals surface area contributed by atoms with Gasteiger partial charge in [0.2, 0.25) is 0 Å². The van der Waals surface area contributed by atoms with Crippen molar-refractivity contribution in [3.05, 3.63) is 16.1 Å². The van der Waals surface area contributed by atoms with E-state index in [0.29, 0.717) is 16.4 Å². The number of thiazole rings is 1. The maximum Gasteiger partial charge on any atom is 0.270 e. The maximum atomic E-state index is 11.7. The summed E-state index contributed by atoms with van der Waals surface area (Å²) in [7, 11) is 0. The molecule has 0 spiro atoms. The van der Waals surface area contributed by atoms with Crippen molar-refractivity contribution in [3.63, 3.8) is 0 Å². The molecular weight excluding hydrogens is 288 g/mol. The molecule has 2 rings (SSSR count). The number of rotatable bonds is 3. The minimum absolute atomic E-state index is 0.0395. The zero-order chi connectivity index (χ0) is 11.5. The van der Waals surface area contributed by atoms with Crippen LogP contribution in [-0.4, -0.2) is 22.3 Å². The van der Waals surface area contributed by atoms with E-state index in [1.54, 1.807) is 0 Å². The number of carbonyl (C=O) groups excluding carboxylic acids is 1. The van der Waals surface area contributed by atoms with Gasteiger partial charge in [0.15, 0.2) is 0 Å². The molecule has 2 unspecified atom stereocenters. The molecule has 16 heavy (non-hydrogen) atoms. The lowest BCUT2D eigenvalue weighted by Crippen LogP contribution is -2.28. The Labute approximate surface area is 108 Å². The van der Waals surface area contributed by atoms with Crippen LogP contribution in [-0.2, 0) is 0 Å². The maximum absolute atomic E-state index is 11.7. The Morgan fingerprint density at radius 1 is 1.69 bits per heavy atom. The summed E-state index contributed by atoms with van der Waals surface area (Å²) in [5, 5.41) is 5.71. The van der Waals surface area contributed by atoms with Crippen LogP contribution in [0.3, 0.4) is 0 Å². The number of hydrogen-bond donors (Lipinski definition) is 1. The average Bonchev–Trinajstić information content (AvgIpc) is 2.84. The summed E-state index contributed by atoms with van der Waals surface area (Å²) in [6.45, 7) is 2.69. The van der Waals surface area contributed by atoms with E-state index in [2.05, 4.69) is 26.2 Å². The molecule has 0 radical (unpaired) electrons. The molecule has 1 aromatic heterocycles. The normalized spacial score (nSPS) is 24.6. The minimum Gasteiger partial charge on any atom is -0.350 e. The first-order valence-corrected chi connectivity index (χ1v) is 7.29. The third kappa shape index (κ3) is 3.04. The van der Waals surface area contributed by atoms with Gasteiger partial charge in [-0.2, -0.15) is 0 Å². The summed E-state index contributed by atoms with van der Waals surface area (Å²) in [5.41, 5.74) is 0.552. The van der Waals surface area contributed by atoms with Crippen molar-refractivity contribution in [2.75, 3.05) is 6.54 Å². The quantitative estimate of drug-likeness (QED) is 0.872. The van der Waals surface area contributed by atoms with E-state index in [-0.39, 0.29) is 5.91 Å². The fourth-order valence-electron chi connectivity index (χ4n) is 1.99. The fraction of sp³-hybridized carbons (Fsp3) is 0.636. The molecule has 0 bridgehead atoms. The zero-order valence-corrected chi connectivity index (χ0v) is 11.6. The van der Waals surface area contributed by atoms with Crippen LogP contribution in [0.25, 0.3) is 0 Å². The number of nitrogens with one attached hydrogen (secondary N) is 1. The number of aryl methyl sites for hydroxylation is 1. The van der Waals surface area contributed by atoms with Crippen molar-refractivity contribution in [3.8, 4) is 0 Å². The number of carbonyl (C=O) groups is 1. The summed E-state index contributed by atoms with van der Waals surface area (Å²) in [5.74, 6) is 0.579. The molecule has 1 aliphatic rings. The minimum atomic E-state index is -0.0395. The number of nitrogens with zero attached hydrogens (tertiary/aromatic N) is 1. The molecule has 1 saturated carbocycles. The Bertz CT molecular complexity index is 380. The Balaban J connectivity index is 1.80. The van der Waals surface area contributed by atoms with Gasteiger partial charge in [0.25, 0.3) is 5.91 Å². The molecule has 1 fully saturated rings. The van der Waals surface area contributed by atoms with Crippen molar-refractivity contribution in [1.82, 2.24) is 10.3 Å². The Kier molecular flexibility index (Phi) is 3.97. The van der Waals surface area contributed by atoms with Gasteiger partial charge in [0.05, 0.1) is 5.01 Å². The van der Waals surface area contributed by atoms with Gasteiger partial charge in [-0.25, -0.2) is 4.98 Å². The van der Waals surface area contributed by atoms with Crippen molar-refractivity contribution >= 4 is 33.2 Å². The number of hydrogen-bond acceptors (Lipinski definition) is 3. The van der Waals surface area contributed by atoms with E-state index in [1.807, 2.05) is 12.3 Å². The van der Waals surface area contributed by atoms with Crippen LogP contribution < -0.4 is 5.32 Å². The predicted molar refractivity (Wildman–Crippen MR) is 69.2 cm³/mol. The van der Waals surface area contributed by atoms with Gasteiger partial charge in [-0.05, 0) is 32.1 Å². The largest absolute Gasteiger partial charge is 0.350 e. The zero-order valence-electron chi connectivity index (χ0n) is 9.20. The Hall–Kier alpha value is -0.420. The van der Waals surface area contributed by atoms with Crippen molar-refractivity contribution in [2.45, 2.75) is 31.0 Å². The molecule has 1 amide bonds. The Morgan fingerprint density at radius 2 is 2.50 bits per heavy atom. The number of halogens is 1. The number of amides is 1. The summed E-state index contributed by atoms with van der Waals surface area (Å²) in [6.07, 6.45) is 3.58. The van der Waals surface area contributed by atoms with E-state index in [1.165, 1.54) is 24.2 Å². The van der Waals surface area contributed by atoms with Gasteiger partial charge in [-0.3, -0.25) is 4.79 Å². The van der Waals surface area contributed by atoms with E-state index in [9.17, 15) is 4.79 Å². The van der Waals surface area contributed by atoms with E-state index in [4.69, 9.17) is 0 Å². The molecule has 88 valence electrons. The summed E-state index contributed by atoms with van der Waals surface area (Å²) in [6, 6.07) is 0. The van der Waals surface area contributed by atoms with Crippen LogP contribution in [0.4, 0.5) is 0 Å². The van der Waals surface area contributed by atoms with Gasteiger partial charge in [0, 0.05) is 16.8 Å². The Morgan fingerprint density at radius 3 is 3.06 bits per heavy atom. The lowest BCUT2D eigenvalue weighted by atomic mass is 10.1. The highest BCUT2D eigenvalue weighted by Gasteiger charge is 2.23. The molecule has 1 aliphatic carbocycles. The van der Waals surface area contributed by atoms with Crippen LogP contribution in [0.1, 0.15) is 34.8 Å². The molecule has 5 heteroatoms. The van der Waals surface area contributed by atoms with Gasteiger partial charge in [-0.15, -0.1) is 11.3 Å². The van der Waals surface area contributed by atoms with Gasteiger partial charge < -0.3 is 5.32 Å². The number of aromatic nitrogens is 1. The highest BCUT2D eigenvalue weighted by atomic mass is 79.9. The second kappa shape index (κ2) is 5.27. The van der Waals surface area contributed by atoms with Crippen LogP contribution in [0.15, 0.2) is 5.38 Å². The second-order valence-electron chi connectivity index (χ2n) is 4.24. The molecule has 1 N–H and O–H groups in total. The molecule has 1 aromatic rings. The molecule has 0 saturated heterocycles. The van der Waals surface area contributed by atoms with Crippen LogP contribution in [0.5, 0.6) is 0 Å². The first kappa shape index (κ1) is 12.0. The predicted octanol–water partition coefficient (Wildman–Crippen LogP) is 2.74. The molecule has 0 aromatic carbocycles. The monoisotopic (exact) mass is 302 g/mol. The van der Waals surface area contributed by atoms with E-state index < -0.39 is 0 Å². The van der Waals surface area contributed by atoms with Gasteiger partial charge in [-0.1, -0.05) is 15.9 Å². The smallest absolute Gasteiger partial charge is 0.270 e. The first-order valence-electron chi connectivity index (χ1n) is 5.49. The molecule has 0 aliphatic heterocycles. The summed E-state index contributed by atoms with van der Waals surface area (Å²) < 4.78 is 0. The first-order chi connectivity index (χ1) is 7.65. The SMILES string of the molecule is Cc1nc(C(=O)NCC2CCC(Br)C2)cs1. The summed E-state index contributed by atoms with van der Waals surface area (Å²) in [4.78, 5) is 16.5.